The summed E-state index contributed by atoms with van der Waals surface area (Å²) in [7, 11) is 0. The van der Waals surface area contributed by atoms with Gasteiger partial charge in [0.25, 0.3) is 0 Å². The van der Waals surface area contributed by atoms with Crippen LogP contribution < -0.4 is 4.90 Å². The van der Waals surface area contributed by atoms with Crippen molar-refractivity contribution < 1.29 is 4.42 Å². The van der Waals surface area contributed by atoms with Crippen LogP contribution in [0.1, 0.15) is 0 Å². The van der Waals surface area contributed by atoms with Crippen LogP contribution in [0.4, 0.5) is 17.1 Å². The molecule has 0 aliphatic carbocycles. The second kappa shape index (κ2) is 16.5. The van der Waals surface area contributed by atoms with E-state index >= 15 is 0 Å². The van der Waals surface area contributed by atoms with Gasteiger partial charge in [-0.15, -0.1) is 0 Å². The lowest BCUT2D eigenvalue weighted by molar-refractivity contribution is 0.670. The third kappa shape index (κ3) is 6.73. The van der Waals surface area contributed by atoms with E-state index in [1.807, 2.05) is 6.07 Å². The molecule has 12 aromatic carbocycles. The maximum Gasteiger partial charge on any atom is 0.143 e. The number of nitrogens with zero attached hydrogens (tertiary/aromatic N) is 1. The highest BCUT2D eigenvalue weighted by atomic mass is 16.3. The van der Waals surface area contributed by atoms with Crippen molar-refractivity contribution in [1.29, 1.82) is 0 Å². The average Bonchev–Trinajstić information content (AvgIpc) is 3.80. The van der Waals surface area contributed by atoms with E-state index < -0.39 is 0 Å². The summed E-state index contributed by atoms with van der Waals surface area (Å²) in [6, 6.07) is 94.6. The number of para-hydroxylation sites is 3. The van der Waals surface area contributed by atoms with Crippen LogP contribution in [0.3, 0.4) is 0 Å². The van der Waals surface area contributed by atoms with Crippen molar-refractivity contribution in [1.82, 2.24) is 0 Å². The van der Waals surface area contributed by atoms with E-state index in [4.69, 9.17) is 4.42 Å². The van der Waals surface area contributed by atoms with Gasteiger partial charge in [0.15, 0.2) is 0 Å². The summed E-state index contributed by atoms with van der Waals surface area (Å²) in [6.45, 7) is 0. The topological polar surface area (TPSA) is 16.4 Å². The van der Waals surface area contributed by atoms with Crippen LogP contribution >= 0.6 is 0 Å². The normalized spacial score (nSPS) is 11.5. The first-order chi connectivity index (χ1) is 33.7. The average molecular weight is 866 g/mol. The van der Waals surface area contributed by atoms with Gasteiger partial charge < -0.3 is 9.32 Å². The van der Waals surface area contributed by atoms with E-state index in [1.165, 1.54) is 54.6 Å². The first-order valence-corrected chi connectivity index (χ1v) is 23.3. The molecule has 2 heteroatoms. The fourth-order valence-electron chi connectivity index (χ4n) is 10.4. The zero-order valence-electron chi connectivity index (χ0n) is 37.2. The summed E-state index contributed by atoms with van der Waals surface area (Å²) in [5.41, 5.74) is 16.4. The third-order valence-electron chi connectivity index (χ3n) is 13.7. The van der Waals surface area contributed by atoms with Crippen LogP contribution in [0.5, 0.6) is 0 Å². The largest absolute Gasteiger partial charge is 0.455 e. The Bertz CT molecular complexity index is 4010. The van der Waals surface area contributed by atoms with Crippen LogP contribution in [0, 0.1) is 0 Å². The van der Waals surface area contributed by atoms with Crippen LogP contribution in [-0.2, 0) is 0 Å². The fraction of sp³-hybridized carbons (Fsp3) is 0. The van der Waals surface area contributed by atoms with Gasteiger partial charge in [0.05, 0.1) is 11.4 Å². The molecule has 0 atom stereocenters. The Morgan fingerprint density at radius 3 is 1.62 bits per heavy atom. The summed E-state index contributed by atoms with van der Waals surface area (Å²) >= 11 is 0. The number of hydrogen-bond acceptors (Lipinski definition) is 2. The van der Waals surface area contributed by atoms with Crippen LogP contribution in [-0.4, -0.2) is 0 Å². The van der Waals surface area contributed by atoms with Crippen LogP contribution in [0.25, 0.3) is 110 Å². The first kappa shape index (κ1) is 39.4. The quantitative estimate of drug-likeness (QED) is 0.142. The smallest absolute Gasteiger partial charge is 0.143 e. The van der Waals surface area contributed by atoms with Crippen molar-refractivity contribution in [3.63, 3.8) is 0 Å². The Morgan fingerprint density at radius 2 is 0.794 bits per heavy atom. The lowest BCUT2D eigenvalue weighted by atomic mass is 9.91. The molecule has 0 amide bonds. The molecule has 0 N–H and O–H groups in total. The van der Waals surface area contributed by atoms with Gasteiger partial charge in [-0.05, 0) is 108 Å². The molecular weight excluding hydrogens is 823 g/mol. The number of hydrogen-bond donors (Lipinski definition) is 0. The highest BCUT2D eigenvalue weighted by molar-refractivity contribution is 6.15. The summed E-state index contributed by atoms with van der Waals surface area (Å²) in [5, 5.41) is 9.67. The summed E-state index contributed by atoms with van der Waals surface area (Å²) < 4.78 is 6.73. The van der Waals surface area contributed by atoms with E-state index in [-0.39, 0.29) is 0 Å². The summed E-state index contributed by atoms with van der Waals surface area (Å²) in [6.07, 6.45) is 0. The molecule has 13 aromatic rings. The maximum atomic E-state index is 6.73. The minimum Gasteiger partial charge on any atom is -0.455 e. The zero-order chi connectivity index (χ0) is 45.0. The fourth-order valence-corrected chi connectivity index (χ4v) is 10.4. The molecule has 68 heavy (non-hydrogen) atoms. The van der Waals surface area contributed by atoms with Crippen LogP contribution in [0.15, 0.2) is 265 Å². The predicted octanol–water partition coefficient (Wildman–Crippen LogP) is 18.9. The Hall–Kier alpha value is -8.98. The number of fused-ring (bicyclic) bond motifs is 7. The highest BCUT2D eigenvalue weighted by Crippen LogP contribution is 2.49. The van der Waals surface area contributed by atoms with Gasteiger partial charge in [0, 0.05) is 33.2 Å². The minimum absolute atomic E-state index is 0.878. The molecule has 318 valence electrons. The number of anilines is 3. The molecule has 0 spiro atoms. The van der Waals surface area contributed by atoms with Gasteiger partial charge in [-0.25, -0.2) is 0 Å². The first-order valence-electron chi connectivity index (χ1n) is 23.3. The molecular formula is C66H43NO. The van der Waals surface area contributed by atoms with E-state index in [9.17, 15) is 0 Å². The molecule has 1 aromatic heterocycles. The Balaban J connectivity index is 1.02. The molecule has 13 rings (SSSR count). The van der Waals surface area contributed by atoms with Crippen molar-refractivity contribution in [2.24, 2.45) is 0 Å². The second-order valence-corrected chi connectivity index (χ2v) is 17.6. The molecule has 0 aliphatic rings. The molecule has 0 radical (unpaired) electrons. The number of benzene rings is 12. The van der Waals surface area contributed by atoms with E-state index in [0.29, 0.717) is 0 Å². The van der Waals surface area contributed by atoms with Crippen molar-refractivity contribution >= 4 is 71.3 Å². The minimum atomic E-state index is 0.878. The zero-order valence-corrected chi connectivity index (χ0v) is 37.2. The third-order valence-corrected chi connectivity index (χ3v) is 13.7. The van der Waals surface area contributed by atoms with Gasteiger partial charge in [-0.1, -0.05) is 224 Å². The van der Waals surface area contributed by atoms with Gasteiger partial charge in [0.2, 0.25) is 0 Å². The summed E-state index contributed by atoms with van der Waals surface area (Å²) in [5.74, 6) is 0. The summed E-state index contributed by atoms with van der Waals surface area (Å²) in [4.78, 5) is 2.46. The highest BCUT2D eigenvalue weighted by Gasteiger charge is 2.24. The van der Waals surface area contributed by atoms with Crippen LogP contribution in [0.2, 0.25) is 0 Å². The Morgan fingerprint density at radius 1 is 0.250 bits per heavy atom. The van der Waals surface area contributed by atoms with E-state index in [0.717, 1.165) is 72.4 Å². The molecule has 0 bridgehead atoms. The monoisotopic (exact) mass is 865 g/mol. The second-order valence-electron chi connectivity index (χ2n) is 17.6. The van der Waals surface area contributed by atoms with E-state index in [1.54, 1.807) is 0 Å². The van der Waals surface area contributed by atoms with Gasteiger partial charge >= 0.3 is 0 Å². The van der Waals surface area contributed by atoms with Crippen molar-refractivity contribution in [3.8, 4) is 55.6 Å². The van der Waals surface area contributed by atoms with Crippen molar-refractivity contribution in [3.05, 3.63) is 261 Å². The molecule has 0 fully saturated rings. The lowest BCUT2D eigenvalue weighted by Gasteiger charge is -2.30. The lowest BCUT2D eigenvalue weighted by Crippen LogP contribution is -2.13. The maximum absolute atomic E-state index is 6.73. The van der Waals surface area contributed by atoms with Gasteiger partial charge in [-0.3, -0.25) is 0 Å². The van der Waals surface area contributed by atoms with Crippen molar-refractivity contribution in [2.75, 3.05) is 4.90 Å². The number of furan rings is 1. The molecule has 0 aliphatic heterocycles. The number of rotatable bonds is 8. The van der Waals surface area contributed by atoms with Gasteiger partial charge in [0.1, 0.15) is 11.2 Å². The molecule has 0 saturated carbocycles. The standard InChI is InChI=1S/C66H43NO/c1-2-16-47(17-3-1)55-41-38-50(62-42-49-19-5-7-22-54(49)56-23-8-9-24-57(56)62)43-64(55)67(63-30-12-10-25-58(63)60-28-15-29-61-59-26-11-13-31-65(59)68-66(60)61)51-39-36-45(37-40-51)44-32-34-48(35-33-44)53-27-14-20-46-18-4-6-21-52(46)53/h1-43H. The predicted molar refractivity (Wildman–Crippen MR) is 288 cm³/mol. The molecule has 0 unspecified atom stereocenters. The Kier molecular flexibility index (Phi) is 9.54. The molecule has 2 nitrogen and oxygen atoms in total. The molecule has 0 saturated heterocycles. The van der Waals surface area contributed by atoms with Gasteiger partial charge in [-0.2, -0.15) is 0 Å². The Labute approximate surface area is 395 Å². The van der Waals surface area contributed by atoms with Crippen molar-refractivity contribution in [2.45, 2.75) is 0 Å². The SMILES string of the molecule is c1ccc(-c2ccc(-c3cc4ccccc4c4ccccc34)cc2N(c2ccc(-c3ccc(-c4cccc5ccccc45)cc3)cc2)c2ccccc2-c2cccc3c2oc2ccccc23)cc1. The van der Waals surface area contributed by atoms with E-state index in [2.05, 4.69) is 260 Å². The molecule has 1 heterocycles.